The second-order valence-corrected chi connectivity index (χ2v) is 8.74. The third kappa shape index (κ3) is 4.86. The zero-order chi connectivity index (χ0) is 20.9. The van der Waals surface area contributed by atoms with E-state index >= 15 is 0 Å². The summed E-state index contributed by atoms with van der Waals surface area (Å²) in [6.45, 7) is 2.89. The van der Waals surface area contributed by atoms with Crippen molar-refractivity contribution in [2.24, 2.45) is 0 Å². The molecule has 0 spiro atoms. The number of piperidine rings is 1. The van der Waals surface area contributed by atoms with Crippen molar-refractivity contribution in [1.82, 2.24) is 4.90 Å². The quantitative estimate of drug-likeness (QED) is 0.491. The standard InChI is InChI=1S/C24H25ClN2O2S/c1-29-23-7-3-6-22(15-23)27(24(28)19-4-2-5-20(25)14-19)21-8-11-26(12-9-21)16-18-10-13-30-17-18/h2-7,10,13-15,17,21H,8-9,11-12,16H2,1H3. The molecular weight excluding hydrogens is 416 g/mol. The zero-order valence-corrected chi connectivity index (χ0v) is 18.5. The number of hydrogen-bond acceptors (Lipinski definition) is 4. The topological polar surface area (TPSA) is 32.8 Å². The lowest BCUT2D eigenvalue weighted by Crippen LogP contribution is -2.47. The van der Waals surface area contributed by atoms with Crippen LogP contribution in [0.4, 0.5) is 5.69 Å². The SMILES string of the molecule is COc1cccc(N(C(=O)c2cccc(Cl)c2)C2CCN(Cc3ccsc3)CC2)c1. The number of amides is 1. The number of carbonyl (C=O) groups is 1. The molecule has 6 heteroatoms. The minimum atomic E-state index is -0.0259. The van der Waals surface area contributed by atoms with Gasteiger partial charge in [-0.1, -0.05) is 23.7 Å². The molecule has 0 aliphatic carbocycles. The van der Waals surface area contributed by atoms with Gasteiger partial charge in [-0.05, 0) is 65.6 Å². The van der Waals surface area contributed by atoms with Crippen LogP contribution in [-0.2, 0) is 6.54 Å². The summed E-state index contributed by atoms with van der Waals surface area (Å²) < 4.78 is 5.41. The smallest absolute Gasteiger partial charge is 0.258 e. The average Bonchev–Trinajstić information content (AvgIpc) is 3.28. The monoisotopic (exact) mass is 440 g/mol. The predicted molar refractivity (Wildman–Crippen MR) is 124 cm³/mol. The molecule has 1 fully saturated rings. The molecule has 0 N–H and O–H groups in total. The van der Waals surface area contributed by atoms with Crippen molar-refractivity contribution < 1.29 is 9.53 Å². The van der Waals surface area contributed by atoms with Crippen molar-refractivity contribution >= 4 is 34.5 Å². The van der Waals surface area contributed by atoms with E-state index in [-0.39, 0.29) is 11.9 Å². The summed E-state index contributed by atoms with van der Waals surface area (Å²) in [5.74, 6) is 0.716. The summed E-state index contributed by atoms with van der Waals surface area (Å²) in [5, 5.41) is 4.89. The molecule has 0 unspecified atom stereocenters. The van der Waals surface area contributed by atoms with E-state index in [2.05, 4.69) is 21.7 Å². The summed E-state index contributed by atoms with van der Waals surface area (Å²) in [7, 11) is 1.64. The van der Waals surface area contributed by atoms with Crippen LogP contribution in [0.25, 0.3) is 0 Å². The number of anilines is 1. The van der Waals surface area contributed by atoms with Crippen LogP contribution < -0.4 is 9.64 Å². The number of methoxy groups -OCH3 is 1. The van der Waals surface area contributed by atoms with E-state index in [0.717, 1.165) is 43.9 Å². The van der Waals surface area contributed by atoms with E-state index in [1.807, 2.05) is 41.3 Å². The van der Waals surface area contributed by atoms with Crippen LogP contribution in [0.15, 0.2) is 65.4 Å². The van der Waals surface area contributed by atoms with Crippen molar-refractivity contribution in [2.45, 2.75) is 25.4 Å². The van der Waals surface area contributed by atoms with Gasteiger partial charge in [-0.25, -0.2) is 0 Å². The van der Waals surface area contributed by atoms with Crippen LogP contribution in [0.2, 0.25) is 5.02 Å². The Hall–Kier alpha value is -2.34. The predicted octanol–water partition coefficient (Wildman–Crippen LogP) is 5.72. The van der Waals surface area contributed by atoms with Gasteiger partial charge in [-0.15, -0.1) is 0 Å². The lowest BCUT2D eigenvalue weighted by atomic mass is 10.00. The number of thiophene rings is 1. The fourth-order valence-corrected chi connectivity index (χ4v) is 4.84. The van der Waals surface area contributed by atoms with Gasteiger partial charge in [0.15, 0.2) is 0 Å². The second kappa shape index (κ2) is 9.65. The highest BCUT2D eigenvalue weighted by Gasteiger charge is 2.30. The molecule has 1 aliphatic rings. The first-order valence-corrected chi connectivity index (χ1v) is 11.4. The molecule has 1 amide bonds. The number of halogens is 1. The van der Waals surface area contributed by atoms with Gasteiger partial charge in [0, 0.05) is 48.0 Å². The lowest BCUT2D eigenvalue weighted by molar-refractivity contribution is 0.0958. The molecule has 4 rings (SSSR count). The summed E-state index contributed by atoms with van der Waals surface area (Å²) >= 11 is 7.90. The Balaban J connectivity index is 1.56. The van der Waals surface area contributed by atoms with Crippen molar-refractivity contribution in [3.05, 3.63) is 81.5 Å². The Bertz CT molecular complexity index is 984. The van der Waals surface area contributed by atoms with Gasteiger partial charge in [0.2, 0.25) is 0 Å². The van der Waals surface area contributed by atoms with Crippen LogP contribution >= 0.6 is 22.9 Å². The molecule has 3 aromatic rings. The van der Waals surface area contributed by atoms with E-state index in [0.29, 0.717) is 10.6 Å². The Labute approximate surface area is 186 Å². The molecule has 30 heavy (non-hydrogen) atoms. The molecule has 156 valence electrons. The van der Waals surface area contributed by atoms with Crippen molar-refractivity contribution in [2.75, 3.05) is 25.1 Å². The van der Waals surface area contributed by atoms with Crippen LogP contribution in [-0.4, -0.2) is 37.0 Å². The van der Waals surface area contributed by atoms with Crippen molar-refractivity contribution in [1.29, 1.82) is 0 Å². The highest BCUT2D eigenvalue weighted by Crippen LogP contribution is 2.29. The molecular formula is C24H25ClN2O2S. The lowest BCUT2D eigenvalue weighted by Gasteiger charge is -2.38. The van der Waals surface area contributed by atoms with E-state index in [1.54, 1.807) is 30.6 Å². The first-order chi connectivity index (χ1) is 14.6. The largest absolute Gasteiger partial charge is 0.497 e. The first kappa shape index (κ1) is 20.9. The number of hydrogen-bond donors (Lipinski definition) is 0. The third-order valence-corrected chi connectivity index (χ3v) is 6.50. The summed E-state index contributed by atoms with van der Waals surface area (Å²) in [6, 6.07) is 17.2. The summed E-state index contributed by atoms with van der Waals surface area (Å²) in [6.07, 6.45) is 1.85. The van der Waals surface area contributed by atoms with E-state index in [4.69, 9.17) is 16.3 Å². The number of likely N-dealkylation sites (tertiary alicyclic amines) is 1. The van der Waals surface area contributed by atoms with Crippen molar-refractivity contribution in [3.8, 4) is 5.75 Å². The maximum absolute atomic E-state index is 13.5. The minimum absolute atomic E-state index is 0.0259. The highest BCUT2D eigenvalue weighted by molar-refractivity contribution is 7.07. The van der Waals surface area contributed by atoms with Crippen molar-refractivity contribution in [3.63, 3.8) is 0 Å². The molecule has 0 radical (unpaired) electrons. The van der Waals surface area contributed by atoms with Gasteiger partial charge in [-0.3, -0.25) is 9.69 Å². The minimum Gasteiger partial charge on any atom is -0.497 e. The molecule has 0 atom stereocenters. The van der Waals surface area contributed by atoms with E-state index in [1.165, 1.54) is 5.56 Å². The molecule has 1 aliphatic heterocycles. The van der Waals surface area contributed by atoms with Gasteiger partial charge in [0.1, 0.15) is 5.75 Å². The van der Waals surface area contributed by atoms with E-state index < -0.39 is 0 Å². The molecule has 2 heterocycles. The van der Waals surface area contributed by atoms with Gasteiger partial charge in [0.25, 0.3) is 5.91 Å². The fourth-order valence-electron chi connectivity index (χ4n) is 3.99. The maximum atomic E-state index is 13.5. The van der Waals surface area contributed by atoms with Gasteiger partial charge in [-0.2, -0.15) is 11.3 Å². The first-order valence-electron chi connectivity index (χ1n) is 10.1. The normalized spacial score (nSPS) is 15.1. The van der Waals surface area contributed by atoms with Crippen LogP contribution in [0, 0.1) is 0 Å². The average molecular weight is 441 g/mol. The Morgan fingerprint density at radius 3 is 2.67 bits per heavy atom. The molecule has 0 saturated carbocycles. The molecule has 1 saturated heterocycles. The number of rotatable bonds is 6. The number of carbonyl (C=O) groups excluding carboxylic acids is 1. The number of ether oxygens (including phenoxy) is 1. The van der Waals surface area contributed by atoms with Crippen LogP contribution in [0.3, 0.4) is 0 Å². The Morgan fingerprint density at radius 2 is 1.97 bits per heavy atom. The summed E-state index contributed by atoms with van der Waals surface area (Å²) in [4.78, 5) is 17.9. The van der Waals surface area contributed by atoms with Gasteiger partial charge in [0.05, 0.1) is 7.11 Å². The zero-order valence-electron chi connectivity index (χ0n) is 17.0. The molecule has 1 aromatic heterocycles. The highest BCUT2D eigenvalue weighted by atomic mass is 35.5. The molecule has 0 bridgehead atoms. The Kier molecular flexibility index (Phi) is 6.72. The maximum Gasteiger partial charge on any atom is 0.258 e. The Morgan fingerprint density at radius 1 is 1.17 bits per heavy atom. The fraction of sp³-hybridized carbons (Fsp3) is 0.292. The second-order valence-electron chi connectivity index (χ2n) is 7.53. The molecule has 2 aromatic carbocycles. The summed E-state index contributed by atoms with van der Waals surface area (Å²) in [5.41, 5.74) is 2.82. The van der Waals surface area contributed by atoms with Crippen LogP contribution in [0.1, 0.15) is 28.8 Å². The molecule has 4 nitrogen and oxygen atoms in total. The van der Waals surface area contributed by atoms with E-state index in [9.17, 15) is 4.79 Å². The third-order valence-electron chi connectivity index (χ3n) is 5.53. The van der Waals surface area contributed by atoms with Crippen LogP contribution in [0.5, 0.6) is 5.75 Å². The number of benzene rings is 2. The van der Waals surface area contributed by atoms with Gasteiger partial charge >= 0.3 is 0 Å². The van der Waals surface area contributed by atoms with Gasteiger partial charge < -0.3 is 9.64 Å². The number of nitrogens with zero attached hydrogens (tertiary/aromatic N) is 2.